The maximum Gasteiger partial charge on any atom is 0.254 e. The number of amides is 1. The zero-order valence-corrected chi connectivity index (χ0v) is 19.6. The number of carbonyl (C=O) groups excluding carboxylic acids is 1. The van der Waals surface area contributed by atoms with Crippen molar-refractivity contribution in [3.05, 3.63) is 58.6 Å². The third-order valence-electron chi connectivity index (χ3n) is 4.76. The first-order valence-corrected chi connectivity index (χ1v) is 12.1. The maximum absolute atomic E-state index is 12.8. The van der Waals surface area contributed by atoms with Crippen LogP contribution in [0.4, 0.5) is 0 Å². The molecule has 1 saturated heterocycles. The summed E-state index contributed by atoms with van der Waals surface area (Å²) in [5.41, 5.74) is 3.29. The number of para-hydroxylation sites is 1. The van der Waals surface area contributed by atoms with Gasteiger partial charge in [0.25, 0.3) is 5.91 Å². The molecule has 0 saturated carbocycles. The molecular formula is C21H25BrN4O4S. The molecule has 0 aromatic heterocycles. The molecule has 1 amide bonds. The Labute approximate surface area is 191 Å². The monoisotopic (exact) mass is 508 g/mol. The van der Waals surface area contributed by atoms with Crippen LogP contribution in [-0.2, 0) is 14.8 Å². The van der Waals surface area contributed by atoms with E-state index >= 15 is 0 Å². The first kappa shape index (κ1) is 23.4. The van der Waals surface area contributed by atoms with E-state index in [0.29, 0.717) is 38.5 Å². The Balaban J connectivity index is 1.48. The number of carbonyl (C=O) groups is 1. The molecule has 2 aromatic rings. The van der Waals surface area contributed by atoms with Gasteiger partial charge in [0.2, 0.25) is 10.0 Å². The number of nitrogens with zero attached hydrogens (tertiary/aromatic N) is 3. The van der Waals surface area contributed by atoms with E-state index in [9.17, 15) is 13.2 Å². The molecule has 0 unspecified atom stereocenters. The lowest BCUT2D eigenvalue weighted by Crippen LogP contribution is -2.50. The molecule has 1 fully saturated rings. The van der Waals surface area contributed by atoms with Crippen LogP contribution in [0, 0.1) is 0 Å². The Morgan fingerprint density at radius 3 is 2.48 bits per heavy atom. The fourth-order valence-corrected chi connectivity index (χ4v) is 4.86. The third-order valence-corrected chi connectivity index (χ3v) is 7.20. The highest BCUT2D eigenvalue weighted by atomic mass is 79.9. The van der Waals surface area contributed by atoms with Gasteiger partial charge in [0.1, 0.15) is 5.75 Å². The van der Waals surface area contributed by atoms with Gasteiger partial charge in [0.05, 0.1) is 24.3 Å². The first-order valence-electron chi connectivity index (χ1n) is 9.92. The van der Waals surface area contributed by atoms with Gasteiger partial charge in [-0.15, -0.1) is 0 Å². The van der Waals surface area contributed by atoms with Crippen molar-refractivity contribution in [1.82, 2.24) is 14.6 Å². The highest BCUT2D eigenvalue weighted by Gasteiger charge is 2.28. The van der Waals surface area contributed by atoms with Crippen LogP contribution in [0.2, 0.25) is 0 Å². The van der Waals surface area contributed by atoms with Gasteiger partial charge in [-0.25, -0.2) is 13.8 Å². The van der Waals surface area contributed by atoms with Crippen molar-refractivity contribution in [2.24, 2.45) is 5.10 Å². The predicted octanol–water partition coefficient (Wildman–Crippen LogP) is 2.30. The largest absolute Gasteiger partial charge is 0.493 e. The lowest BCUT2D eigenvalue weighted by molar-refractivity contribution is -0.122. The number of hydrazone groups is 1. The number of ether oxygens (including phenoxy) is 1. The number of halogens is 1. The summed E-state index contributed by atoms with van der Waals surface area (Å²) in [5.74, 6) is 0.445. The molecule has 1 N–H and O–H groups in total. The van der Waals surface area contributed by atoms with Gasteiger partial charge in [-0.3, -0.25) is 9.69 Å². The van der Waals surface area contributed by atoms with Gasteiger partial charge >= 0.3 is 0 Å². The van der Waals surface area contributed by atoms with E-state index in [-0.39, 0.29) is 17.3 Å². The number of benzene rings is 2. The van der Waals surface area contributed by atoms with Crippen LogP contribution in [0.25, 0.3) is 0 Å². The summed E-state index contributed by atoms with van der Waals surface area (Å²) >= 11 is 3.31. The minimum absolute atomic E-state index is 0.149. The molecule has 2 aromatic carbocycles. The van der Waals surface area contributed by atoms with E-state index in [0.717, 1.165) is 10.0 Å². The first-order chi connectivity index (χ1) is 14.9. The molecule has 0 bridgehead atoms. The summed E-state index contributed by atoms with van der Waals surface area (Å²) in [6, 6.07) is 14.0. The van der Waals surface area contributed by atoms with Gasteiger partial charge in [-0.1, -0.05) is 28.1 Å². The van der Waals surface area contributed by atoms with Crippen molar-refractivity contribution >= 4 is 38.1 Å². The van der Waals surface area contributed by atoms with Crippen LogP contribution in [-0.4, -0.2) is 69.1 Å². The van der Waals surface area contributed by atoms with Crippen LogP contribution in [0.5, 0.6) is 5.75 Å². The molecule has 8 nitrogen and oxygen atoms in total. The number of piperazine rings is 1. The Hall–Kier alpha value is -2.27. The maximum atomic E-state index is 12.8. The molecule has 1 aliphatic heterocycles. The lowest BCUT2D eigenvalue weighted by Gasteiger charge is -2.33. The number of nitrogens with one attached hydrogen (secondary N) is 1. The topological polar surface area (TPSA) is 91.3 Å². The Bertz CT molecular complexity index is 1020. The van der Waals surface area contributed by atoms with E-state index in [1.165, 1.54) is 4.31 Å². The van der Waals surface area contributed by atoms with Crippen molar-refractivity contribution in [2.45, 2.75) is 11.8 Å². The molecule has 31 heavy (non-hydrogen) atoms. The molecular weight excluding hydrogens is 484 g/mol. The zero-order valence-electron chi connectivity index (χ0n) is 17.2. The Morgan fingerprint density at radius 1 is 1.13 bits per heavy atom. The van der Waals surface area contributed by atoms with Gasteiger partial charge in [-0.2, -0.15) is 9.41 Å². The molecule has 1 heterocycles. The van der Waals surface area contributed by atoms with Crippen LogP contribution in [0.15, 0.2) is 63.0 Å². The minimum Gasteiger partial charge on any atom is -0.493 e. The standard InChI is InChI=1S/C21H25BrN4O4S/c1-2-30-20-6-4-3-5-17(20)15-23-24-21(27)16-25-11-13-26(14-12-25)31(28,29)19-9-7-18(22)8-10-19/h3-10,15H,2,11-14,16H2,1H3,(H,24,27)/b23-15-. The van der Waals surface area contributed by atoms with Crippen LogP contribution in [0.3, 0.4) is 0 Å². The van der Waals surface area contributed by atoms with E-state index < -0.39 is 10.0 Å². The van der Waals surface area contributed by atoms with Crippen molar-refractivity contribution < 1.29 is 17.9 Å². The smallest absolute Gasteiger partial charge is 0.254 e. The SMILES string of the molecule is CCOc1ccccc1/C=N\NC(=O)CN1CCN(S(=O)(=O)c2ccc(Br)cc2)CC1. The molecule has 10 heteroatoms. The van der Waals surface area contributed by atoms with Gasteiger partial charge < -0.3 is 4.74 Å². The van der Waals surface area contributed by atoms with Crippen molar-refractivity contribution in [3.8, 4) is 5.75 Å². The second kappa shape index (κ2) is 10.9. The van der Waals surface area contributed by atoms with Crippen molar-refractivity contribution in [2.75, 3.05) is 39.3 Å². The number of rotatable bonds is 8. The molecule has 0 aliphatic carbocycles. The van der Waals surface area contributed by atoms with Crippen LogP contribution < -0.4 is 10.2 Å². The summed E-state index contributed by atoms with van der Waals surface area (Å²) < 4.78 is 33.3. The molecule has 0 spiro atoms. The Kier molecular flexibility index (Phi) is 8.19. The number of sulfonamides is 1. The summed E-state index contributed by atoms with van der Waals surface area (Å²) in [7, 11) is -3.53. The van der Waals surface area contributed by atoms with Crippen molar-refractivity contribution in [3.63, 3.8) is 0 Å². The predicted molar refractivity (Wildman–Crippen MR) is 123 cm³/mol. The summed E-state index contributed by atoms with van der Waals surface area (Å²) in [5, 5.41) is 4.01. The van der Waals surface area contributed by atoms with Gasteiger partial charge in [0.15, 0.2) is 0 Å². The average molecular weight is 509 g/mol. The number of hydrogen-bond acceptors (Lipinski definition) is 6. The second-order valence-electron chi connectivity index (χ2n) is 6.90. The summed E-state index contributed by atoms with van der Waals surface area (Å²) in [6.45, 7) is 4.20. The highest BCUT2D eigenvalue weighted by molar-refractivity contribution is 9.10. The molecule has 1 aliphatic rings. The molecule has 0 radical (unpaired) electrons. The van der Waals surface area contributed by atoms with E-state index in [4.69, 9.17) is 4.74 Å². The zero-order chi connectivity index (χ0) is 22.3. The van der Waals surface area contributed by atoms with E-state index in [1.54, 1.807) is 30.5 Å². The lowest BCUT2D eigenvalue weighted by atomic mass is 10.2. The summed E-state index contributed by atoms with van der Waals surface area (Å²) in [6.07, 6.45) is 1.55. The Morgan fingerprint density at radius 2 is 1.81 bits per heavy atom. The van der Waals surface area contributed by atoms with Crippen LogP contribution in [0.1, 0.15) is 12.5 Å². The van der Waals surface area contributed by atoms with E-state index in [2.05, 4.69) is 26.5 Å². The van der Waals surface area contributed by atoms with Gasteiger partial charge in [0, 0.05) is 36.2 Å². The normalized spacial score (nSPS) is 15.8. The highest BCUT2D eigenvalue weighted by Crippen LogP contribution is 2.20. The van der Waals surface area contributed by atoms with Gasteiger partial charge in [-0.05, 0) is 43.3 Å². The summed E-state index contributed by atoms with van der Waals surface area (Å²) in [4.78, 5) is 14.4. The minimum atomic E-state index is -3.53. The fraction of sp³-hybridized carbons (Fsp3) is 0.333. The molecule has 0 atom stereocenters. The fourth-order valence-electron chi connectivity index (χ4n) is 3.17. The molecule has 3 rings (SSSR count). The second-order valence-corrected chi connectivity index (χ2v) is 9.75. The van der Waals surface area contributed by atoms with Crippen molar-refractivity contribution in [1.29, 1.82) is 0 Å². The van der Waals surface area contributed by atoms with E-state index in [1.807, 2.05) is 36.1 Å². The average Bonchev–Trinajstić information content (AvgIpc) is 2.76. The third kappa shape index (κ3) is 6.36. The quantitative estimate of drug-likeness (QED) is 0.436. The molecule has 166 valence electrons. The number of hydrogen-bond donors (Lipinski definition) is 1. The van der Waals surface area contributed by atoms with Crippen LogP contribution >= 0.6 is 15.9 Å².